The normalized spacial score (nSPS) is 17.4. The molecule has 0 saturated heterocycles. The molecule has 0 amide bonds. The van der Waals surface area contributed by atoms with Crippen LogP contribution in [0.25, 0.3) is 11.1 Å². The van der Waals surface area contributed by atoms with Crippen LogP contribution in [-0.2, 0) is 0 Å². The number of ether oxygens (including phenoxy) is 1. The molecule has 0 bridgehead atoms. The molecule has 5 heteroatoms. The van der Waals surface area contributed by atoms with Gasteiger partial charge in [0.1, 0.15) is 11.1 Å². The third kappa shape index (κ3) is 3.74. The second-order valence-corrected chi connectivity index (χ2v) is 6.85. The fourth-order valence-corrected chi connectivity index (χ4v) is 3.05. The first-order valence-electron chi connectivity index (χ1n) is 8.17. The molecule has 0 N–H and O–H groups in total. The van der Waals surface area contributed by atoms with Gasteiger partial charge in [-0.1, -0.05) is 42.5 Å². The summed E-state index contributed by atoms with van der Waals surface area (Å²) in [6.45, 7) is 1.76. The maximum absolute atomic E-state index is 6.17. The van der Waals surface area contributed by atoms with Gasteiger partial charge in [-0.25, -0.2) is 4.98 Å². The van der Waals surface area contributed by atoms with Crippen molar-refractivity contribution < 1.29 is 4.74 Å². The predicted molar refractivity (Wildman–Crippen MR) is 102 cm³/mol. The Morgan fingerprint density at radius 2 is 2.00 bits per heavy atom. The molecular formula is C19H23N3OS. The van der Waals surface area contributed by atoms with Crippen LogP contribution >= 0.6 is 12.2 Å². The van der Waals surface area contributed by atoms with Crippen molar-refractivity contribution in [3.8, 4) is 17.0 Å². The summed E-state index contributed by atoms with van der Waals surface area (Å²) in [5.41, 5.74) is 3.09. The van der Waals surface area contributed by atoms with Crippen LogP contribution in [0.4, 0.5) is 0 Å². The molecule has 0 fully saturated rings. The van der Waals surface area contributed by atoms with Gasteiger partial charge in [0.05, 0.1) is 12.1 Å². The highest BCUT2D eigenvalue weighted by atomic mass is 32.1. The number of nitrogens with zero attached hydrogens (tertiary/aromatic N) is 3. The van der Waals surface area contributed by atoms with E-state index in [1.807, 2.05) is 31.4 Å². The molecule has 4 nitrogen and oxygen atoms in total. The highest BCUT2D eigenvalue weighted by Crippen LogP contribution is 2.28. The summed E-state index contributed by atoms with van der Waals surface area (Å²) in [5.74, 6) is 0.646. The van der Waals surface area contributed by atoms with E-state index in [1.54, 1.807) is 0 Å². The number of thiocarbonyl (C=S) groups is 1. The zero-order valence-electron chi connectivity index (χ0n) is 14.4. The van der Waals surface area contributed by atoms with E-state index in [2.05, 4.69) is 47.1 Å². The molecule has 1 unspecified atom stereocenters. The number of likely N-dealkylation sites (N-methyl/N-ethyl adjacent to an activating group) is 1. The summed E-state index contributed by atoms with van der Waals surface area (Å²) in [5, 5.41) is 0. The molecule has 1 aromatic carbocycles. The molecule has 0 saturated carbocycles. The maximum Gasteiger partial charge on any atom is 0.224 e. The smallest absolute Gasteiger partial charge is 0.224 e. The van der Waals surface area contributed by atoms with Crippen molar-refractivity contribution in [1.29, 1.82) is 0 Å². The van der Waals surface area contributed by atoms with Crippen LogP contribution < -0.4 is 4.74 Å². The van der Waals surface area contributed by atoms with Crippen molar-refractivity contribution in [2.45, 2.75) is 12.5 Å². The van der Waals surface area contributed by atoms with Gasteiger partial charge in [-0.05, 0) is 32.1 Å². The molecule has 0 aliphatic carbocycles. The Morgan fingerprint density at radius 1 is 1.25 bits per heavy atom. The van der Waals surface area contributed by atoms with Crippen molar-refractivity contribution >= 4 is 17.2 Å². The lowest BCUT2D eigenvalue weighted by atomic mass is 10.1. The first kappa shape index (κ1) is 16.9. The Labute approximate surface area is 149 Å². The Kier molecular flexibility index (Phi) is 5.11. The Bertz CT molecular complexity index is 718. The van der Waals surface area contributed by atoms with E-state index in [0.717, 1.165) is 41.2 Å². The number of aromatic nitrogens is 1. The topological polar surface area (TPSA) is 28.6 Å². The summed E-state index contributed by atoms with van der Waals surface area (Å²) in [6, 6.07) is 12.3. The van der Waals surface area contributed by atoms with Crippen LogP contribution in [0.3, 0.4) is 0 Å². The average molecular weight is 341 g/mol. The maximum atomic E-state index is 6.17. The minimum atomic E-state index is 0.0895. The second-order valence-electron chi connectivity index (χ2n) is 6.46. The zero-order valence-corrected chi connectivity index (χ0v) is 15.2. The Balaban J connectivity index is 1.91. The van der Waals surface area contributed by atoms with E-state index >= 15 is 0 Å². The van der Waals surface area contributed by atoms with Gasteiger partial charge in [0.2, 0.25) is 5.88 Å². The van der Waals surface area contributed by atoms with Crippen molar-refractivity contribution in [2.75, 3.05) is 34.2 Å². The standard InChI is InChI=1S/C19H23N3OS/c1-21(2)10-9-16-13-22(3)19(24)17-11-15(12-20-18(17)23-16)14-7-5-4-6-8-14/h4-8,11-12,16H,9-10,13H2,1-3H3. The van der Waals surface area contributed by atoms with Gasteiger partial charge in [-0.3, -0.25) is 0 Å². The summed E-state index contributed by atoms with van der Waals surface area (Å²) in [7, 11) is 6.17. The molecule has 1 aliphatic rings. The van der Waals surface area contributed by atoms with Crippen LogP contribution in [0.1, 0.15) is 12.0 Å². The lowest BCUT2D eigenvalue weighted by Gasteiger charge is -2.22. The molecule has 3 rings (SSSR count). The molecule has 0 radical (unpaired) electrons. The lowest BCUT2D eigenvalue weighted by Crippen LogP contribution is -2.35. The quantitative estimate of drug-likeness (QED) is 0.797. The number of hydrogen-bond donors (Lipinski definition) is 0. The van der Waals surface area contributed by atoms with Crippen LogP contribution in [0, 0.1) is 0 Å². The SMILES string of the molecule is CN(C)CCC1CN(C)C(=S)c2cc(-c3ccccc3)cnc2O1. The number of rotatable bonds is 4. The third-order valence-corrected chi connectivity index (χ3v) is 4.72. The monoisotopic (exact) mass is 341 g/mol. The Morgan fingerprint density at radius 3 is 2.71 bits per heavy atom. The fraction of sp³-hybridized carbons (Fsp3) is 0.368. The number of pyridine rings is 1. The molecule has 126 valence electrons. The van der Waals surface area contributed by atoms with E-state index in [9.17, 15) is 0 Å². The minimum Gasteiger partial charge on any atom is -0.472 e. The van der Waals surface area contributed by atoms with E-state index < -0.39 is 0 Å². The molecule has 0 spiro atoms. The largest absolute Gasteiger partial charge is 0.472 e. The predicted octanol–water partition coefficient (Wildman–Crippen LogP) is 3.07. The van der Waals surface area contributed by atoms with Gasteiger partial charge in [-0.2, -0.15) is 0 Å². The fourth-order valence-electron chi connectivity index (χ4n) is 2.83. The molecule has 1 aliphatic heterocycles. The second kappa shape index (κ2) is 7.28. The molecule has 1 atom stereocenters. The van der Waals surface area contributed by atoms with Gasteiger partial charge in [0, 0.05) is 25.4 Å². The van der Waals surface area contributed by atoms with E-state index in [4.69, 9.17) is 17.0 Å². The number of benzene rings is 1. The summed E-state index contributed by atoms with van der Waals surface area (Å²) >= 11 is 5.66. The molecule has 2 heterocycles. The summed E-state index contributed by atoms with van der Waals surface area (Å²) in [4.78, 5) is 9.62. The molecular weight excluding hydrogens is 318 g/mol. The van der Waals surface area contributed by atoms with Crippen LogP contribution in [0.15, 0.2) is 42.6 Å². The van der Waals surface area contributed by atoms with Crippen LogP contribution in [0.2, 0.25) is 0 Å². The highest BCUT2D eigenvalue weighted by Gasteiger charge is 2.25. The van der Waals surface area contributed by atoms with E-state index in [1.165, 1.54) is 0 Å². The van der Waals surface area contributed by atoms with E-state index in [0.29, 0.717) is 5.88 Å². The first-order valence-corrected chi connectivity index (χ1v) is 8.57. The number of hydrogen-bond acceptors (Lipinski definition) is 4. The average Bonchev–Trinajstić information content (AvgIpc) is 2.71. The van der Waals surface area contributed by atoms with Crippen molar-refractivity contribution in [2.24, 2.45) is 0 Å². The van der Waals surface area contributed by atoms with E-state index in [-0.39, 0.29) is 6.10 Å². The Hall–Kier alpha value is -1.98. The molecule has 24 heavy (non-hydrogen) atoms. The first-order chi connectivity index (χ1) is 11.5. The van der Waals surface area contributed by atoms with Crippen molar-refractivity contribution in [1.82, 2.24) is 14.8 Å². The van der Waals surface area contributed by atoms with Gasteiger partial charge < -0.3 is 14.5 Å². The third-order valence-electron chi connectivity index (χ3n) is 4.19. The van der Waals surface area contributed by atoms with Gasteiger partial charge in [0.25, 0.3) is 0 Å². The summed E-state index contributed by atoms with van der Waals surface area (Å²) < 4.78 is 6.17. The molecule has 2 aromatic rings. The minimum absolute atomic E-state index is 0.0895. The van der Waals surface area contributed by atoms with Crippen LogP contribution in [0.5, 0.6) is 5.88 Å². The van der Waals surface area contributed by atoms with Gasteiger partial charge >= 0.3 is 0 Å². The zero-order chi connectivity index (χ0) is 17.1. The lowest BCUT2D eigenvalue weighted by molar-refractivity contribution is 0.154. The van der Waals surface area contributed by atoms with Crippen molar-refractivity contribution in [3.63, 3.8) is 0 Å². The van der Waals surface area contributed by atoms with Crippen LogP contribution in [-0.4, -0.2) is 60.1 Å². The highest BCUT2D eigenvalue weighted by molar-refractivity contribution is 7.80. The molecule has 1 aromatic heterocycles. The number of fused-ring (bicyclic) bond motifs is 1. The summed E-state index contributed by atoms with van der Waals surface area (Å²) in [6.07, 6.45) is 2.90. The van der Waals surface area contributed by atoms with Gasteiger partial charge in [0.15, 0.2) is 0 Å². The van der Waals surface area contributed by atoms with Gasteiger partial charge in [-0.15, -0.1) is 0 Å². The van der Waals surface area contributed by atoms with Crippen molar-refractivity contribution in [3.05, 3.63) is 48.2 Å².